The standard InChI is InChI=1S/C15H18N2OS.ClH/c1-11(14-8-5-9-19-14)17-15(18)13(16)10-12-6-3-2-4-7-12;/h2-9,11,13H,10,16H2,1H3,(H,17,18);1H/t11?,13-;/m0./s1. The Labute approximate surface area is 129 Å². The van der Waals surface area contributed by atoms with E-state index in [0.29, 0.717) is 6.42 Å². The van der Waals surface area contributed by atoms with Crippen LogP contribution >= 0.6 is 23.7 Å². The molecule has 2 rings (SSSR count). The Hall–Kier alpha value is -1.36. The number of rotatable bonds is 5. The van der Waals surface area contributed by atoms with Crippen molar-refractivity contribution in [2.45, 2.75) is 25.4 Å². The molecular formula is C15H19ClN2OS. The number of carbonyl (C=O) groups is 1. The van der Waals surface area contributed by atoms with Gasteiger partial charge in [-0.15, -0.1) is 23.7 Å². The van der Waals surface area contributed by atoms with Crippen LogP contribution in [-0.4, -0.2) is 11.9 Å². The van der Waals surface area contributed by atoms with Crippen molar-refractivity contribution in [3.8, 4) is 0 Å². The quantitative estimate of drug-likeness (QED) is 0.892. The molecule has 1 heterocycles. The molecule has 5 heteroatoms. The molecule has 3 N–H and O–H groups in total. The summed E-state index contributed by atoms with van der Waals surface area (Å²) in [5.41, 5.74) is 7.02. The molecule has 0 aliphatic heterocycles. The second kappa shape index (κ2) is 8.04. The predicted octanol–water partition coefficient (Wildman–Crippen LogP) is 2.92. The largest absolute Gasteiger partial charge is 0.347 e. The lowest BCUT2D eigenvalue weighted by atomic mass is 10.1. The maximum atomic E-state index is 12.0. The SMILES string of the molecule is CC(NC(=O)[C@@H](N)Cc1ccccc1)c1cccs1.Cl. The first-order valence-electron chi connectivity index (χ1n) is 6.30. The minimum atomic E-state index is -0.509. The highest BCUT2D eigenvalue weighted by Gasteiger charge is 2.17. The first kappa shape index (κ1) is 16.7. The van der Waals surface area contributed by atoms with Crippen molar-refractivity contribution >= 4 is 29.7 Å². The number of nitrogens with one attached hydrogen (secondary N) is 1. The van der Waals surface area contributed by atoms with E-state index in [9.17, 15) is 4.79 Å². The minimum Gasteiger partial charge on any atom is -0.347 e. The first-order chi connectivity index (χ1) is 9.16. The molecule has 0 aliphatic carbocycles. The van der Waals surface area contributed by atoms with Crippen LogP contribution in [0.4, 0.5) is 0 Å². The number of hydrogen-bond donors (Lipinski definition) is 2. The van der Waals surface area contributed by atoms with Gasteiger partial charge < -0.3 is 11.1 Å². The van der Waals surface area contributed by atoms with E-state index < -0.39 is 6.04 Å². The molecule has 20 heavy (non-hydrogen) atoms. The Morgan fingerprint density at radius 3 is 2.55 bits per heavy atom. The Bertz CT molecular complexity index is 516. The van der Waals surface area contributed by atoms with Gasteiger partial charge in [-0.3, -0.25) is 4.79 Å². The molecule has 108 valence electrons. The van der Waals surface area contributed by atoms with Crippen LogP contribution in [0.1, 0.15) is 23.4 Å². The molecule has 0 saturated carbocycles. The average molecular weight is 311 g/mol. The van der Waals surface area contributed by atoms with Crippen LogP contribution in [0.2, 0.25) is 0 Å². The maximum Gasteiger partial charge on any atom is 0.237 e. The lowest BCUT2D eigenvalue weighted by molar-refractivity contribution is -0.122. The van der Waals surface area contributed by atoms with E-state index in [1.807, 2.05) is 54.8 Å². The predicted molar refractivity (Wildman–Crippen MR) is 86.2 cm³/mol. The molecule has 2 aromatic rings. The van der Waals surface area contributed by atoms with Crippen molar-refractivity contribution in [3.05, 3.63) is 58.3 Å². The van der Waals surface area contributed by atoms with Crippen molar-refractivity contribution in [3.63, 3.8) is 0 Å². The molecule has 1 amide bonds. The molecule has 0 bridgehead atoms. The van der Waals surface area contributed by atoms with Gasteiger partial charge in [-0.2, -0.15) is 0 Å². The summed E-state index contributed by atoms with van der Waals surface area (Å²) in [6, 6.07) is 13.3. The van der Waals surface area contributed by atoms with Gasteiger partial charge in [0.2, 0.25) is 5.91 Å². The Morgan fingerprint density at radius 1 is 1.25 bits per heavy atom. The molecule has 1 aromatic heterocycles. The highest BCUT2D eigenvalue weighted by Crippen LogP contribution is 2.18. The van der Waals surface area contributed by atoms with Crippen LogP contribution in [0.15, 0.2) is 47.8 Å². The number of thiophene rings is 1. The second-order valence-corrected chi connectivity index (χ2v) is 5.52. The summed E-state index contributed by atoms with van der Waals surface area (Å²) < 4.78 is 0. The summed E-state index contributed by atoms with van der Waals surface area (Å²) in [5, 5.41) is 4.95. The van der Waals surface area contributed by atoms with E-state index >= 15 is 0 Å². The highest BCUT2D eigenvalue weighted by molar-refractivity contribution is 7.10. The van der Waals surface area contributed by atoms with Gasteiger partial charge in [0.05, 0.1) is 12.1 Å². The van der Waals surface area contributed by atoms with E-state index in [-0.39, 0.29) is 24.4 Å². The molecule has 3 nitrogen and oxygen atoms in total. The van der Waals surface area contributed by atoms with Crippen LogP contribution in [0.25, 0.3) is 0 Å². The van der Waals surface area contributed by atoms with Crippen molar-refractivity contribution < 1.29 is 4.79 Å². The van der Waals surface area contributed by atoms with Crippen molar-refractivity contribution in [2.75, 3.05) is 0 Å². The fourth-order valence-corrected chi connectivity index (χ4v) is 2.62. The van der Waals surface area contributed by atoms with Gasteiger partial charge in [0, 0.05) is 4.88 Å². The van der Waals surface area contributed by atoms with Gasteiger partial charge in [-0.25, -0.2) is 0 Å². The zero-order valence-corrected chi connectivity index (χ0v) is 12.9. The van der Waals surface area contributed by atoms with E-state index in [2.05, 4.69) is 5.32 Å². The molecule has 0 radical (unpaired) electrons. The number of nitrogens with two attached hydrogens (primary N) is 1. The van der Waals surface area contributed by atoms with Crippen LogP contribution in [0.5, 0.6) is 0 Å². The summed E-state index contributed by atoms with van der Waals surface area (Å²) in [6.07, 6.45) is 0.559. The summed E-state index contributed by atoms with van der Waals surface area (Å²) in [5.74, 6) is -0.107. The summed E-state index contributed by atoms with van der Waals surface area (Å²) in [7, 11) is 0. The van der Waals surface area contributed by atoms with E-state index in [4.69, 9.17) is 5.73 Å². The molecule has 0 fully saturated rings. The highest BCUT2D eigenvalue weighted by atomic mass is 35.5. The Balaban J connectivity index is 0.00000200. The molecule has 0 spiro atoms. The Kier molecular flexibility index (Phi) is 6.71. The lowest BCUT2D eigenvalue weighted by Gasteiger charge is -2.16. The number of halogens is 1. The zero-order chi connectivity index (χ0) is 13.7. The molecule has 2 atom stereocenters. The number of benzene rings is 1. The van der Waals surface area contributed by atoms with Gasteiger partial charge in [0.1, 0.15) is 0 Å². The van der Waals surface area contributed by atoms with Gasteiger partial charge in [0.25, 0.3) is 0 Å². The molecular weight excluding hydrogens is 292 g/mol. The van der Waals surface area contributed by atoms with E-state index in [1.54, 1.807) is 11.3 Å². The summed E-state index contributed by atoms with van der Waals surface area (Å²) >= 11 is 1.63. The third-order valence-corrected chi connectivity index (χ3v) is 4.02. The minimum absolute atomic E-state index is 0. The normalized spacial score (nSPS) is 13.1. The monoisotopic (exact) mass is 310 g/mol. The number of hydrogen-bond acceptors (Lipinski definition) is 3. The van der Waals surface area contributed by atoms with Crippen LogP contribution in [0.3, 0.4) is 0 Å². The van der Waals surface area contributed by atoms with Crippen LogP contribution < -0.4 is 11.1 Å². The van der Waals surface area contributed by atoms with E-state index in [1.165, 1.54) is 0 Å². The average Bonchev–Trinajstić information content (AvgIpc) is 2.93. The van der Waals surface area contributed by atoms with Crippen molar-refractivity contribution in [2.24, 2.45) is 5.73 Å². The van der Waals surface area contributed by atoms with Gasteiger partial charge >= 0.3 is 0 Å². The third kappa shape index (κ3) is 4.63. The smallest absolute Gasteiger partial charge is 0.237 e. The van der Waals surface area contributed by atoms with Crippen LogP contribution in [-0.2, 0) is 11.2 Å². The maximum absolute atomic E-state index is 12.0. The number of amides is 1. The molecule has 1 unspecified atom stereocenters. The molecule has 0 aliphatic rings. The van der Waals surface area contributed by atoms with Crippen molar-refractivity contribution in [1.82, 2.24) is 5.32 Å². The summed E-state index contributed by atoms with van der Waals surface area (Å²) in [6.45, 7) is 1.97. The third-order valence-electron chi connectivity index (χ3n) is 2.96. The topological polar surface area (TPSA) is 55.1 Å². The van der Waals surface area contributed by atoms with Gasteiger partial charge in [0.15, 0.2) is 0 Å². The Morgan fingerprint density at radius 2 is 1.95 bits per heavy atom. The fraction of sp³-hybridized carbons (Fsp3) is 0.267. The number of carbonyl (C=O) groups excluding carboxylic acids is 1. The van der Waals surface area contributed by atoms with Gasteiger partial charge in [-0.05, 0) is 30.4 Å². The molecule has 1 aromatic carbocycles. The molecule has 0 saturated heterocycles. The second-order valence-electron chi connectivity index (χ2n) is 4.54. The van der Waals surface area contributed by atoms with Gasteiger partial charge in [-0.1, -0.05) is 36.4 Å². The fourth-order valence-electron chi connectivity index (χ4n) is 1.89. The zero-order valence-electron chi connectivity index (χ0n) is 11.3. The van der Waals surface area contributed by atoms with Crippen molar-refractivity contribution in [1.29, 1.82) is 0 Å². The van der Waals surface area contributed by atoms with Crippen LogP contribution in [0, 0.1) is 0 Å². The summed E-state index contributed by atoms with van der Waals surface area (Å²) in [4.78, 5) is 13.2. The first-order valence-corrected chi connectivity index (χ1v) is 7.18. The van der Waals surface area contributed by atoms with E-state index in [0.717, 1.165) is 10.4 Å². The lowest BCUT2D eigenvalue weighted by Crippen LogP contribution is -2.42.